The summed E-state index contributed by atoms with van der Waals surface area (Å²) in [6.07, 6.45) is 1.17. The van der Waals surface area contributed by atoms with Crippen molar-refractivity contribution in [3.8, 4) is 0 Å². The third-order valence-corrected chi connectivity index (χ3v) is 6.78. The molecule has 0 amide bonds. The predicted molar refractivity (Wildman–Crippen MR) is 106 cm³/mol. The number of carbonyl (C=O) groups is 1. The number of carbonyl (C=O) groups excluding carboxylic acids is 1. The van der Waals surface area contributed by atoms with Gasteiger partial charge >= 0.3 is 5.82 Å². The summed E-state index contributed by atoms with van der Waals surface area (Å²) in [6.45, 7) is 1.75. The summed E-state index contributed by atoms with van der Waals surface area (Å²) in [6, 6.07) is 10.5. The summed E-state index contributed by atoms with van der Waals surface area (Å²) in [4.78, 5) is 37.1. The van der Waals surface area contributed by atoms with Crippen molar-refractivity contribution in [2.75, 3.05) is 6.61 Å². The Morgan fingerprint density at radius 3 is 2.61 bits per heavy atom. The Labute approximate surface area is 177 Å². The van der Waals surface area contributed by atoms with E-state index in [9.17, 15) is 23.3 Å². The van der Waals surface area contributed by atoms with Gasteiger partial charge in [0, 0.05) is 18.1 Å². The lowest BCUT2D eigenvalue weighted by Gasteiger charge is -2.19. The molecule has 0 spiro atoms. The first-order valence-corrected chi connectivity index (χ1v) is 10.7. The Hall–Kier alpha value is -3.41. The molecular formula is C20H17N3O7S. The molecule has 0 bridgehead atoms. The third kappa shape index (κ3) is 3.74. The average molecular weight is 443 g/mol. The average Bonchev–Trinajstić information content (AvgIpc) is 3.13. The van der Waals surface area contributed by atoms with Crippen LogP contribution in [0.4, 0.5) is 5.82 Å². The summed E-state index contributed by atoms with van der Waals surface area (Å²) < 4.78 is 27.3. The first-order chi connectivity index (χ1) is 14.8. The van der Waals surface area contributed by atoms with Crippen LogP contribution < -0.4 is 0 Å². The molecule has 0 atom stereocenters. The summed E-state index contributed by atoms with van der Waals surface area (Å²) in [5, 5.41) is 11.0. The molecule has 1 aliphatic heterocycles. The van der Waals surface area contributed by atoms with Gasteiger partial charge in [-0.15, -0.1) is 0 Å². The number of rotatable bonds is 7. The van der Waals surface area contributed by atoms with Crippen molar-refractivity contribution in [1.29, 1.82) is 0 Å². The molecule has 0 saturated heterocycles. The van der Waals surface area contributed by atoms with Crippen molar-refractivity contribution in [3.63, 3.8) is 0 Å². The van der Waals surface area contributed by atoms with E-state index in [1.165, 1.54) is 35.0 Å². The van der Waals surface area contributed by atoms with Crippen molar-refractivity contribution in [3.05, 3.63) is 81.3 Å². The van der Waals surface area contributed by atoms with Crippen LogP contribution in [0, 0.1) is 17.0 Å². The third-order valence-electron chi connectivity index (χ3n) is 4.93. The van der Waals surface area contributed by atoms with Crippen LogP contribution in [0.15, 0.2) is 58.5 Å². The highest BCUT2D eigenvalue weighted by Gasteiger charge is 2.34. The second-order valence-corrected chi connectivity index (χ2v) is 8.70. The lowest BCUT2D eigenvalue weighted by Crippen LogP contribution is -2.20. The van der Waals surface area contributed by atoms with Crippen molar-refractivity contribution in [2.24, 2.45) is 0 Å². The number of hydrogen-bond acceptors (Lipinski definition) is 8. The number of sulfone groups is 1. The molecule has 0 N–H and O–H groups in total. The van der Waals surface area contributed by atoms with Gasteiger partial charge in [-0.1, -0.05) is 18.2 Å². The fourth-order valence-corrected chi connectivity index (χ4v) is 5.10. The van der Waals surface area contributed by atoms with Crippen LogP contribution in [0.2, 0.25) is 0 Å². The monoisotopic (exact) mass is 443 g/mol. The van der Waals surface area contributed by atoms with Crippen molar-refractivity contribution in [2.45, 2.75) is 29.9 Å². The standard InChI is InChI=1S/C20H17N3O7S/c1-13-21-11-19(23(25)26)22(13)8-9-29-30-12-14-6-7-16-18(10-14)31(27,28)17-5-3-2-4-15(17)20(16)24/h2-7,10-11H,8-9,12H2,1H3. The second kappa shape index (κ2) is 8.02. The van der Waals surface area contributed by atoms with Gasteiger partial charge in [-0.2, -0.15) is 0 Å². The fraction of sp³-hybridized carbons (Fsp3) is 0.200. The highest BCUT2D eigenvalue weighted by molar-refractivity contribution is 7.91. The van der Waals surface area contributed by atoms with Crippen LogP contribution in [0.25, 0.3) is 0 Å². The molecule has 0 aliphatic carbocycles. The minimum absolute atomic E-state index is 0.0147. The first-order valence-electron chi connectivity index (χ1n) is 9.23. The number of ketones is 1. The van der Waals surface area contributed by atoms with Crippen molar-refractivity contribution >= 4 is 21.4 Å². The van der Waals surface area contributed by atoms with Gasteiger partial charge in [-0.25, -0.2) is 27.7 Å². The maximum atomic E-state index is 12.9. The van der Waals surface area contributed by atoms with Crippen molar-refractivity contribution in [1.82, 2.24) is 9.55 Å². The maximum Gasteiger partial charge on any atom is 0.342 e. The van der Waals surface area contributed by atoms with Gasteiger partial charge in [0.2, 0.25) is 9.84 Å². The van der Waals surface area contributed by atoms with Gasteiger partial charge in [0.15, 0.2) is 11.6 Å². The number of nitro groups is 1. The Bertz CT molecular complexity index is 1300. The molecule has 31 heavy (non-hydrogen) atoms. The minimum atomic E-state index is -3.83. The molecule has 0 radical (unpaired) electrons. The Morgan fingerprint density at radius 2 is 1.84 bits per heavy atom. The predicted octanol–water partition coefficient (Wildman–Crippen LogP) is 2.63. The van der Waals surface area contributed by atoms with E-state index in [1.807, 2.05) is 0 Å². The molecule has 1 aliphatic rings. The van der Waals surface area contributed by atoms with Crippen LogP contribution in [-0.4, -0.2) is 35.3 Å². The van der Waals surface area contributed by atoms with Crippen LogP contribution in [-0.2, 0) is 32.8 Å². The summed E-state index contributed by atoms with van der Waals surface area (Å²) in [5.41, 5.74) is 0.775. The zero-order chi connectivity index (χ0) is 22.2. The number of fused-ring (bicyclic) bond motifs is 2. The van der Waals surface area contributed by atoms with E-state index in [0.29, 0.717) is 11.4 Å². The maximum absolute atomic E-state index is 12.9. The van der Waals surface area contributed by atoms with Crippen LogP contribution in [0.1, 0.15) is 27.3 Å². The first kappa shape index (κ1) is 20.8. The van der Waals surface area contributed by atoms with Crippen LogP contribution in [0.3, 0.4) is 0 Å². The second-order valence-electron chi connectivity index (χ2n) is 6.82. The number of benzene rings is 2. The number of nitrogens with zero attached hydrogens (tertiary/aromatic N) is 3. The normalized spacial score (nSPS) is 14.2. The molecule has 11 heteroatoms. The molecule has 0 saturated carbocycles. The van der Waals surface area contributed by atoms with Crippen molar-refractivity contribution < 1.29 is 27.9 Å². The lowest BCUT2D eigenvalue weighted by molar-refractivity contribution is -0.392. The largest absolute Gasteiger partial charge is 0.358 e. The SMILES string of the molecule is Cc1ncc([N+](=O)[O-])n1CCOOCc1ccc2c(c1)S(=O)(=O)c1ccccc1C2=O. The lowest BCUT2D eigenvalue weighted by atomic mass is 10.0. The van der Waals surface area contributed by atoms with Gasteiger partial charge in [-0.05, 0) is 34.8 Å². The van der Waals surface area contributed by atoms with Gasteiger partial charge in [-0.3, -0.25) is 4.79 Å². The molecule has 10 nitrogen and oxygen atoms in total. The van der Waals surface area contributed by atoms with Crippen LogP contribution in [0.5, 0.6) is 0 Å². The van der Waals surface area contributed by atoms with Gasteiger partial charge in [0.1, 0.15) is 26.0 Å². The number of imidazole rings is 1. The quantitative estimate of drug-likeness (QED) is 0.184. The minimum Gasteiger partial charge on any atom is -0.358 e. The van der Waals surface area contributed by atoms with Gasteiger partial charge in [0.25, 0.3) is 0 Å². The van der Waals surface area contributed by atoms with E-state index < -0.39 is 14.8 Å². The molecule has 0 fully saturated rings. The molecule has 4 rings (SSSR count). The summed E-state index contributed by atoms with van der Waals surface area (Å²) >= 11 is 0. The Kier molecular flexibility index (Phi) is 5.39. The van der Waals surface area contributed by atoms with Crippen LogP contribution >= 0.6 is 0 Å². The molecule has 0 unspecified atom stereocenters. The molecule has 3 aromatic rings. The number of aromatic nitrogens is 2. The van der Waals surface area contributed by atoms with E-state index in [-0.39, 0.29) is 52.3 Å². The fourth-order valence-electron chi connectivity index (χ4n) is 3.39. The number of aryl methyl sites for hydroxylation is 1. The highest BCUT2D eigenvalue weighted by atomic mass is 32.2. The van der Waals surface area contributed by atoms with E-state index in [4.69, 9.17) is 9.78 Å². The molecule has 2 heterocycles. The zero-order valence-electron chi connectivity index (χ0n) is 16.3. The topological polar surface area (TPSA) is 131 Å². The Morgan fingerprint density at radius 1 is 1.10 bits per heavy atom. The highest BCUT2D eigenvalue weighted by Crippen LogP contribution is 2.34. The Balaban J connectivity index is 1.43. The smallest absolute Gasteiger partial charge is 0.342 e. The van der Waals surface area contributed by atoms with E-state index in [1.54, 1.807) is 25.1 Å². The summed E-state index contributed by atoms with van der Waals surface area (Å²) in [7, 11) is -3.83. The van der Waals surface area contributed by atoms with Gasteiger partial charge < -0.3 is 10.1 Å². The van der Waals surface area contributed by atoms with Gasteiger partial charge in [0.05, 0.1) is 9.79 Å². The molecule has 2 aromatic carbocycles. The zero-order valence-corrected chi connectivity index (χ0v) is 17.2. The van der Waals surface area contributed by atoms with E-state index >= 15 is 0 Å². The van der Waals surface area contributed by atoms with E-state index in [0.717, 1.165) is 0 Å². The van der Waals surface area contributed by atoms with E-state index in [2.05, 4.69) is 4.98 Å². The molecule has 160 valence electrons. The number of hydrogen-bond donors (Lipinski definition) is 0. The molecular weight excluding hydrogens is 426 g/mol. The molecule has 1 aromatic heterocycles. The summed E-state index contributed by atoms with van der Waals surface area (Å²) in [5.74, 6) is -0.0208.